The van der Waals surface area contributed by atoms with Gasteiger partial charge in [0.1, 0.15) is 11.9 Å². The molecule has 2 aromatic rings. The van der Waals surface area contributed by atoms with Crippen molar-refractivity contribution in [2.24, 2.45) is 0 Å². The number of rotatable bonds is 4. The van der Waals surface area contributed by atoms with Crippen LogP contribution in [0.3, 0.4) is 0 Å². The van der Waals surface area contributed by atoms with E-state index in [1.165, 1.54) is 0 Å². The number of nitrogens with one attached hydrogen (secondary N) is 1. The molecule has 2 aromatic heterocycles. The van der Waals surface area contributed by atoms with Gasteiger partial charge in [-0.05, 0) is 18.2 Å². The SMILES string of the molecule is COc1ncccc1CNC(=O)N1CCN(c2ncccc2C#N)CC1. The normalized spacial score (nSPS) is 13.8. The number of hydrogen-bond acceptors (Lipinski definition) is 6. The number of amides is 2. The van der Waals surface area contributed by atoms with Crippen LogP contribution in [-0.4, -0.2) is 54.2 Å². The highest BCUT2D eigenvalue weighted by Gasteiger charge is 2.23. The van der Waals surface area contributed by atoms with Crippen molar-refractivity contribution in [1.82, 2.24) is 20.2 Å². The zero-order valence-corrected chi connectivity index (χ0v) is 14.6. The molecule has 2 amide bonds. The summed E-state index contributed by atoms with van der Waals surface area (Å²) < 4.78 is 5.19. The van der Waals surface area contributed by atoms with Gasteiger partial charge in [-0.25, -0.2) is 14.8 Å². The Balaban J connectivity index is 1.55. The summed E-state index contributed by atoms with van der Waals surface area (Å²) in [7, 11) is 1.56. The Labute approximate surface area is 152 Å². The summed E-state index contributed by atoms with van der Waals surface area (Å²) in [5.41, 5.74) is 1.38. The third kappa shape index (κ3) is 3.83. The molecule has 1 aliphatic heterocycles. The average Bonchev–Trinajstić information content (AvgIpc) is 2.72. The van der Waals surface area contributed by atoms with Gasteiger partial charge in [0.2, 0.25) is 5.88 Å². The van der Waals surface area contributed by atoms with E-state index in [0.717, 1.165) is 5.56 Å². The number of carbonyl (C=O) groups excluding carboxylic acids is 1. The van der Waals surface area contributed by atoms with Crippen molar-refractivity contribution in [3.63, 3.8) is 0 Å². The third-order valence-electron chi connectivity index (χ3n) is 4.25. The smallest absolute Gasteiger partial charge is 0.317 e. The third-order valence-corrected chi connectivity index (χ3v) is 4.25. The minimum atomic E-state index is -0.128. The van der Waals surface area contributed by atoms with Crippen LogP contribution in [0.2, 0.25) is 0 Å². The zero-order valence-electron chi connectivity index (χ0n) is 14.6. The number of urea groups is 1. The fourth-order valence-corrected chi connectivity index (χ4v) is 2.88. The van der Waals surface area contributed by atoms with Crippen molar-refractivity contribution in [2.45, 2.75) is 6.54 Å². The number of piperazine rings is 1. The highest BCUT2D eigenvalue weighted by atomic mass is 16.5. The van der Waals surface area contributed by atoms with Gasteiger partial charge >= 0.3 is 6.03 Å². The van der Waals surface area contributed by atoms with Crippen LogP contribution in [0.5, 0.6) is 5.88 Å². The van der Waals surface area contributed by atoms with Crippen molar-refractivity contribution in [3.05, 3.63) is 47.8 Å². The first-order valence-corrected chi connectivity index (χ1v) is 8.33. The summed E-state index contributed by atoms with van der Waals surface area (Å²) >= 11 is 0. The molecule has 134 valence electrons. The predicted octanol–water partition coefficient (Wildman–Crippen LogP) is 1.39. The summed E-state index contributed by atoms with van der Waals surface area (Å²) in [4.78, 5) is 24.6. The van der Waals surface area contributed by atoms with Gasteiger partial charge < -0.3 is 19.9 Å². The van der Waals surface area contributed by atoms with E-state index in [4.69, 9.17) is 4.74 Å². The lowest BCUT2D eigenvalue weighted by molar-refractivity contribution is 0.193. The molecular formula is C18H20N6O2. The fraction of sp³-hybridized carbons (Fsp3) is 0.333. The molecule has 1 fully saturated rings. The first-order valence-electron chi connectivity index (χ1n) is 8.33. The second-order valence-electron chi connectivity index (χ2n) is 5.79. The molecule has 3 rings (SSSR count). The van der Waals surface area contributed by atoms with Crippen LogP contribution in [0.15, 0.2) is 36.7 Å². The lowest BCUT2D eigenvalue weighted by Gasteiger charge is -2.35. The molecule has 0 aromatic carbocycles. The molecule has 3 heterocycles. The van der Waals surface area contributed by atoms with Crippen molar-refractivity contribution < 1.29 is 9.53 Å². The molecule has 0 radical (unpaired) electrons. The zero-order chi connectivity index (χ0) is 18.4. The van der Waals surface area contributed by atoms with E-state index in [0.29, 0.717) is 50.0 Å². The molecule has 0 bridgehead atoms. The van der Waals surface area contributed by atoms with E-state index in [9.17, 15) is 10.1 Å². The van der Waals surface area contributed by atoms with E-state index in [1.807, 2.05) is 17.0 Å². The summed E-state index contributed by atoms with van der Waals surface area (Å²) in [6, 6.07) is 9.21. The van der Waals surface area contributed by atoms with Gasteiger partial charge in [0.25, 0.3) is 0 Å². The quantitative estimate of drug-likeness (QED) is 0.893. The Hall–Kier alpha value is -3.34. The maximum Gasteiger partial charge on any atom is 0.317 e. The Morgan fingerprint density at radius 1 is 1.23 bits per heavy atom. The standard InChI is InChI=1S/C18H20N6O2/c1-26-17-15(5-3-7-21-17)13-22-18(25)24-10-8-23(9-11-24)16-14(12-19)4-2-6-20-16/h2-7H,8-11,13H2,1H3,(H,22,25). The van der Waals surface area contributed by atoms with Crippen molar-refractivity contribution in [3.8, 4) is 11.9 Å². The maximum atomic E-state index is 12.4. The summed E-state index contributed by atoms with van der Waals surface area (Å²) in [5.74, 6) is 1.19. The fourth-order valence-electron chi connectivity index (χ4n) is 2.88. The van der Waals surface area contributed by atoms with Crippen LogP contribution in [0.4, 0.5) is 10.6 Å². The number of aromatic nitrogens is 2. The molecule has 1 N–H and O–H groups in total. The second kappa shape index (κ2) is 8.16. The largest absolute Gasteiger partial charge is 0.481 e. The number of anilines is 1. The highest BCUT2D eigenvalue weighted by Crippen LogP contribution is 2.18. The number of nitrogens with zero attached hydrogens (tertiary/aromatic N) is 5. The van der Waals surface area contributed by atoms with Gasteiger partial charge in [0.05, 0.1) is 12.7 Å². The summed E-state index contributed by atoms with van der Waals surface area (Å²) in [6.07, 6.45) is 3.33. The van der Waals surface area contributed by atoms with Crippen molar-refractivity contribution in [2.75, 3.05) is 38.2 Å². The molecule has 0 aliphatic carbocycles. The molecule has 0 atom stereocenters. The van der Waals surface area contributed by atoms with E-state index in [2.05, 4.69) is 21.4 Å². The minimum Gasteiger partial charge on any atom is -0.481 e. The molecule has 0 unspecified atom stereocenters. The topological polar surface area (TPSA) is 94.4 Å². The number of methoxy groups -OCH3 is 1. The molecule has 0 saturated carbocycles. The number of ether oxygens (including phenoxy) is 1. The van der Waals surface area contributed by atoms with E-state index < -0.39 is 0 Å². The summed E-state index contributed by atoms with van der Waals surface area (Å²) in [6.45, 7) is 2.76. The Morgan fingerprint density at radius 2 is 1.96 bits per heavy atom. The van der Waals surface area contributed by atoms with Crippen molar-refractivity contribution >= 4 is 11.8 Å². The molecule has 1 aliphatic rings. The molecular weight excluding hydrogens is 332 g/mol. The number of nitriles is 1. The summed E-state index contributed by atoms with van der Waals surface area (Å²) in [5, 5.41) is 12.1. The molecule has 26 heavy (non-hydrogen) atoms. The van der Waals surface area contributed by atoms with Crippen LogP contribution in [0, 0.1) is 11.3 Å². The Bertz CT molecular complexity index is 811. The van der Waals surface area contributed by atoms with Gasteiger partial charge in [-0.15, -0.1) is 0 Å². The van der Waals surface area contributed by atoms with Crippen LogP contribution < -0.4 is 15.0 Å². The van der Waals surface area contributed by atoms with Gasteiger partial charge in [-0.1, -0.05) is 6.07 Å². The molecule has 1 saturated heterocycles. The van der Waals surface area contributed by atoms with Crippen LogP contribution in [0.25, 0.3) is 0 Å². The molecule has 0 spiro atoms. The maximum absolute atomic E-state index is 12.4. The van der Waals surface area contributed by atoms with E-state index in [-0.39, 0.29) is 6.03 Å². The monoisotopic (exact) mass is 352 g/mol. The Kier molecular flexibility index (Phi) is 5.49. The predicted molar refractivity (Wildman–Crippen MR) is 95.8 cm³/mol. The number of pyridine rings is 2. The van der Waals surface area contributed by atoms with E-state index >= 15 is 0 Å². The highest BCUT2D eigenvalue weighted by molar-refractivity contribution is 5.74. The Morgan fingerprint density at radius 3 is 2.69 bits per heavy atom. The average molecular weight is 352 g/mol. The van der Waals surface area contributed by atoms with Crippen molar-refractivity contribution in [1.29, 1.82) is 5.26 Å². The first-order chi connectivity index (χ1) is 12.7. The lowest BCUT2D eigenvalue weighted by Crippen LogP contribution is -2.52. The van der Waals surface area contributed by atoms with Gasteiger partial charge in [-0.3, -0.25) is 0 Å². The van der Waals surface area contributed by atoms with Crippen LogP contribution in [-0.2, 0) is 6.54 Å². The molecule has 8 nitrogen and oxygen atoms in total. The number of carbonyl (C=O) groups is 1. The van der Waals surface area contributed by atoms with Crippen LogP contribution >= 0.6 is 0 Å². The second-order valence-corrected chi connectivity index (χ2v) is 5.79. The lowest BCUT2D eigenvalue weighted by atomic mass is 10.2. The van der Waals surface area contributed by atoms with Gasteiger partial charge in [0.15, 0.2) is 0 Å². The first kappa shape index (κ1) is 17.5. The number of hydrogen-bond donors (Lipinski definition) is 1. The molecule has 8 heteroatoms. The van der Waals surface area contributed by atoms with Gasteiger partial charge in [0, 0.05) is 50.7 Å². The van der Waals surface area contributed by atoms with E-state index in [1.54, 1.807) is 36.5 Å². The van der Waals surface area contributed by atoms with Crippen LogP contribution in [0.1, 0.15) is 11.1 Å². The minimum absolute atomic E-state index is 0.128. The van der Waals surface area contributed by atoms with Gasteiger partial charge in [-0.2, -0.15) is 5.26 Å².